The van der Waals surface area contributed by atoms with Gasteiger partial charge in [-0.3, -0.25) is 4.79 Å². The predicted molar refractivity (Wildman–Crippen MR) is 87.9 cm³/mol. The van der Waals surface area contributed by atoms with Crippen LogP contribution in [-0.2, 0) is 4.79 Å². The molecule has 5 nitrogen and oxygen atoms in total. The van der Waals surface area contributed by atoms with Crippen LogP contribution in [0.25, 0.3) is 0 Å². The molecule has 1 amide bonds. The fourth-order valence-electron chi connectivity index (χ4n) is 1.94. The van der Waals surface area contributed by atoms with Crippen LogP contribution in [0.3, 0.4) is 0 Å². The highest BCUT2D eigenvalue weighted by Crippen LogP contribution is 2.25. The van der Waals surface area contributed by atoms with Gasteiger partial charge in [-0.05, 0) is 37.3 Å². The van der Waals surface area contributed by atoms with Gasteiger partial charge < -0.3 is 14.8 Å². The molecule has 0 aliphatic heterocycles. The Morgan fingerprint density at radius 1 is 1.04 bits per heavy atom. The van der Waals surface area contributed by atoms with Crippen LogP contribution in [0.4, 0.5) is 5.69 Å². The molecule has 2 rings (SSSR count). The van der Waals surface area contributed by atoms with Crippen molar-refractivity contribution in [1.82, 2.24) is 0 Å². The number of ether oxygens (including phenoxy) is 2. The summed E-state index contributed by atoms with van der Waals surface area (Å²) in [7, 11) is 0. The number of hydrogen-bond donors (Lipinski definition) is 1. The van der Waals surface area contributed by atoms with Crippen molar-refractivity contribution in [3.05, 3.63) is 54.1 Å². The third-order valence-corrected chi connectivity index (χ3v) is 3.07. The van der Waals surface area contributed by atoms with Gasteiger partial charge in [0.2, 0.25) is 5.91 Å². The summed E-state index contributed by atoms with van der Waals surface area (Å²) in [5, 5.41) is 2.71. The fraction of sp³-hybridized carbons (Fsp3) is 0.222. The zero-order valence-electron chi connectivity index (χ0n) is 13.2. The molecule has 120 valence electrons. The van der Waals surface area contributed by atoms with Gasteiger partial charge in [0.25, 0.3) is 0 Å². The predicted octanol–water partition coefficient (Wildman–Crippen LogP) is 3.65. The monoisotopic (exact) mass is 313 g/mol. The van der Waals surface area contributed by atoms with Gasteiger partial charge in [-0.15, -0.1) is 0 Å². The zero-order chi connectivity index (χ0) is 16.7. The van der Waals surface area contributed by atoms with Crippen molar-refractivity contribution in [2.45, 2.75) is 20.3 Å². The molecule has 0 aliphatic carbocycles. The lowest BCUT2D eigenvalue weighted by atomic mass is 10.2. The molecular weight excluding hydrogens is 294 g/mol. The van der Waals surface area contributed by atoms with Crippen LogP contribution in [-0.4, -0.2) is 18.5 Å². The number of hydrogen-bond acceptors (Lipinski definition) is 4. The number of benzene rings is 2. The zero-order valence-corrected chi connectivity index (χ0v) is 13.2. The first-order valence-corrected chi connectivity index (χ1v) is 7.48. The second-order valence-corrected chi connectivity index (χ2v) is 4.75. The largest absolute Gasteiger partial charge is 0.494 e. The molecule has 0 unspecified atom stereocenters. The molecular formula is C18H19NO4. The van der Waals surface area contributed by atoms with Gasteiger partial charge in [0.1, 0.15) is 5.75 Å². The van der Waals surface area contributed by atoms with Crippen molar-refractivity contribution >= 4 is 17.6 Å². The van der Waals surface area contributed by atoms with Gasteiger partial charge in [-0.2, -0.15) is 0 Å². The minimum absolute atomic E-state index is 0.146. The van der Waals surface area contributed by atoms with E-state index >= 15 is 0 Å². The van der Waals surface area contributed by atoms with Crippen molar-refractivity contribution in [3.8, 4) is 11.5 Å². The van der Waals surface area contributed by atoms with E-state index in [2.05, 4.69) is 5.32 Å². The highest BCUT2D eigenvalue weighted by Gasteiger charge is 2.13. The maximum Gasteiger partial charge on any atom is 0.343 e. The van der Waals surface area contributed by atoms with E-state index in [-0.39, 0.29) is 5.91 Å². The van der Waals surface area contributed by atoms with Crippen LogP contribution < -0.4 is 14.8 Å². The van der Waals surface area contributed by atoms with E-state index in [1.54, 1.807) is 55.5 Å². The molecule has 0 heterocycles. The number of esters is 1. The Bertz CT molecular complexity index is 697. The molecule has 0 spiro atoms. The molecule has 1 N–H and O–H groups in total. The Kier molecular flexibility index (Phi) is 5.74. The van der Waals surface area contributed by atoms with E-state index in [1.807, 2.05) is 6.92 Å². The summed E-state index contributed by atoms with van der Waals surface area (Å²) in [5.74, 6) is 0.257. The standard InChI is InChI=1S/C18H19NO4/c1-3-17(20)19-15-10-5-6-11-16(15)23-18(21)13-8-7-9-14(12-13)22-4-2/h5-12H,3-4H2,1-2H3,(H,19,20). The van der Waals surface area contributed by atoms with Crippen LogP contribution in [0.15, 0.2) is 48.5 Å². The molecule has 0 aliphatic rings. The maximum absolute atomic E-state index is 12.3. The lowest BCUT2D eigenvalue weighted by Crippen LogP contribution is -2.13. The highest BCUT2D eigenvalue weighted by molar-refractivity contribution is 5.95. The van der Waals surface area contributed by atoms with Crippen molar-refractivity contribution < 1.29 is 19.1 Å². The van der Waals surface area contributed by atoms with E-state index in [1.165, 1.54) is 0 Å². The Hall–Kier alpha value is -2.82. The third-order valence-electron chi connectivity index (χ3n) is 3.07. The van der Waals surface area contributed by atoms with E-state index in [4.69, 9.17) is 9.47 Å². The van der Waals surface area contributed by atoms with Crippen molar-refractivity contribution in [3.63, 3.8) is 0 Å². The van der Waals surface area contributed by atoms with Crippen LogP contribution in [0.1, 0.15) is 30.6 Å². The summed E-state index contributed by atoms with van der Waals surface area (Å²) < 4.78 is 10.8. The molecule has 2 aromatic rings. The number of carbonyl (C=O) groups excluding carboxylic acids is 2. The number of nitrogens with one attached hydrogen (secondary N) is 1. The molecule has 0 fully saturated rings. The molecule has 0 atom stereocenters. The second kappa shape index (κ2) is 7.98. The summed E-state index contributed by atoms with van der Waals surface area (Å²) >= 11 is 0. The molecule has 0 saturated heterocycles. The molecule has 5 heteroatoms. The normalized spacial score (nSPS) is 10.0. The van der Waals surface area contributed by atoms with Gasteiger partial charge in [-0.25, -0.2) is 4.79 Å². The van der Waals surface area contributed by atoms with Gasteiger partial charge >= 0.3 is 5.97 Å². The molecule has 0 radical (unpaired) electrons. The topological polar surface area (TPSA) is 64.6 Å². The first kappa shape index (κ1) is 16.5. The van der Waals surface area contributed by atoms with Crippen molar-refractivity contribution in [2.75, 3.05) is 11.9 Å². The first-order chi connectivity index (χ1) is 11.1. The Morgan fingerprint density at radius 2 is 1.83 bits per heavy atom. The number of para-hydroxylation sites is 2. The van der Waals surface area contributed by atoms with Crippen molar-refractivity contribution in [1.29, 1.82) is 0 Å². The van der Waals surface area contributed by atoms with Crippen LogP contribution in [0.5, 0.6) is 11.5 Å². The van der Waals surface area contributed by atoms with Gasteiger partial charge in [0.05, 0.1) is 17.9 Å². The Morgan fingerprint density at radius 3 is 2.57 bits per heavy atom. The molecule has 0 bridgehead atoms. The number of carbonyl (C=O) groups is 2. The third kappa shape index (κ3) is 4.57. The highest BCUT2D eigenvalue weighted by atomic mass is 16.5. The van der Waals surface area contributed by atoms with Gasteiger partial charge in [-0.1, -0.05) is 25.1 Å². The van der Waals surface area contributed by atoms with Crippen LogP contribution in [0, 0.1) is 0 Å². The molecule has 2 aromatic carbocycles. The lowest BCUT2D eigenvalue weighted by Gasteiger charge is -2.11. The van der Waals surface area contributed by atoms with Crippen LogP contribution in [0.2, 0.25) is 0 Å². The van der Waals surface area contributed by atoms with E-state index in [0.29, 0.717) is 35.8 Å². The molecule has 0 aromatic heterocycles. The van der Waals surface area contributed by atoms with Crippen molar-refractivity contribution in [2.24, 2.45) is 0 Å². The van der Waals surface area contributed by atoms with E-state index < -0.39 is 5.97 Å². The summed E-state index contributed by atoms with van der Waals surface area (Å²) in [6.07, 6.45) is 0.346. The number of rotatable bonds is 6. The fourth-order valence-corrected chi connectivity index (χ4v) is 1.94. The average molecular weight is 313 g/mol. The second-order valence-electron chi connectivity index (χ2n) is 4.75. The molecule has 23 heavy (non-hydrogen) atoms. The quantitative estimate of drug-likeness (QED) is 0.653. The van der Waals surface area contributed by atoms with E-state index in [0.717, 1.165) is 0 Å². The van der Waals surface area contributed by atoms with Gasteiger partial charge in [0.15, 0.2) is 5.75 Å². The summed E-state index contributed by atoms with van der Waals surface area (Å²) in [4.78, 5) is 23.8. The summed E-state index contributed by atoms with van der Waals surface area (Å²) in [5.41, 5.74) is 0.848. The molecule has 0 saturated carbocycles. The summed E-state index contributed by atoms with van der Waals surface area (Å²) in [6, 6.07) is 13.6. The first-order valence-electron chi connectivity index (χ1n) is 7.48. The summed E-state index contributed by atoms with van der Waals surface area (Å²) in [6.45, 7) is 4.14. The van der Waals surface area contributed by atoms with Gasteiger partial charge in [0, 0.05) is 6.42 Å². The lowest BCUT2D eigenvalue weighted by molar-refractivity contribution is -0.115. The minimum atomic E-state index is -0.509. The Balaban J connectivity index is 2.17. The SMILES string of the molecule is CCOc1cccc(C(=O)Oc2ccccc2NC(=O)CC)c1. The maximum atomic E-state index is 12.3. The number of amides is 1. The van der Waals surface area contributed by atoms with E-state index in [9.17, 15) is 9.59 Å². The average Bonchev–Trinajstić information content (AvgIpc) is 2.57. The Labute approximate surface area is 135 Å². The van der Waals surface area contributed by atoms with Crippen LogP contribution >= 0.6 is 0 Å². The smallest absolute Gasteiger partial charge is 0.343 e. The minimum Gasteiger partial charge on any atom is -0.494 e. The number of anilines is 1.